The van der Waals surface area contributed by atoms with E-state index in [2.05, 4.69) is 30.4 Å². The van der Waals surface area contributed by atoms with Gasteiger partial charge in [-0.1, -0.05) is 25.8 Å². The summed E-state index contributed by atoms with van der Waals surface area (Å²) in [6.45, 7) is 4.25. The maximum atomic E-state index is 6.01. The molecule has 0 spiro atoms. The summed E-state index contributed by atoms with van der Waals surface area (Å²) >= 11 is 0. The Labute approximate surface area is 122 Å². The van der Waals surface area contributed by atoms with Gasteiger partial charge in [0.1, 0.15) is 5.75 Å². The highest BCUT2D eigenvalue weighted by Gasteiger charge is 2.22. The Kier molecular flexibility index (Phi) is 4.62. The lowest BCUT2D eigenvalue weighted by Crippen LogP contribution is -2.19. The molecule has 0 amide bonds. The van der Waals surface area contributed by atoms with E-state index < -0.39 is 0 Å². The number of hydrogen-bond donors (Lipinski definition) is 1. The maximum Gasteiger partial charge on any atom is 0.119 e. The van der Waals surface area contributed by atoms with Crippen molar-refractivity contribution in [2.24, 2.45) is 5.92 Å². The van der Waals surface area contributed by atoms with Gasteiger partial charge < -0.3 is 10.1 Å². The predicted octanol–water partition coefficient (Wildman–Crippen LogP) is 4.24. The Morgan fingerprint density at radius 1 is 1.20 bits per heavy atom. The predicted molar refractivity (Wildman–Crippen MR) is 83.3 cm³/mol. The number of ether oxygens (including phenoxy) is 1. The first kappa shape index (κ1) is 13.9. The molecule has 2 aliphatic rings. The molecule has 1 fully saturated rings. The van der Waals surface area contributed by atoms with Crippen molar-refractivity contribution in [2.75, 3.05) is 13.2 Å². The van der Waals surface area contributed by atoms with Crippen LogP contribution in [0, 0.1) is 5.92 Å². The van der Waals surface area contributed by atoms with Crippen molar-refractivity contribution in [1.29, 1.82) is 0 Å². The molecule has 2 aliphatic carbocycles. The van der Waals surface area contributed by atoms with Gasteiger partial charge in [0.25, 0.3) is 0 Å². The molecule has 1 atom stereocenters. The van der Waals surface area contributed by atoms with Crippen molar-refractivity contribution in [3.05, 3.63) is 29.3 Å². The first-order valence-corrected chi connectivity index (χ1v) is 8.36. The average Bonchev–Trinajstić information content (AvgIpc) is 3.12. The number of aryl methyl sites for hydroxylation is 1. The third-order valence-electron chi connectivity index (χ3n) is 4.79. The van der Waals surface area contributed by atoms with Gasteiger partial charge in [-0.3, -0.25) is 0 Å². The Morgan fingerprint density at radius 2 is 2.05 bits per heavy atom. The van der Waals surface area contributed by atoms with Gasteiger partial charge in [-0.15, -0.1) is 0 Å². The van der Waals surface area contributed by atoms with E-state index in [1.165, 1.54) is 56.1 Å². The molecule has 0 radical (unpaired) electrons. The summed E-state index contributed by atoms with van der Waals surface area (Å²) in [7, 11) is 0. The van der Waals surface area contributed by atoms with Crippen LogP contribution in [-0.4, -0.2) is 13.2 Å². The van der Waals surface area contributed by atoms with Crippen molar-refractivity contribution in [3.8, 4) is 5.75 Å². The second-order valence-electron chi connectivity index (χ2n) is 6.37. The number of fused-ring (bicyclic) bond motifs is 1. The standard InChI is InChI=1S/C18H27NO/c1-2-11-19-18-10-7-15-12-16(8-9-17(15)18)20-13-14-5-3-4-6-14/h8-9,12,14,18-19H,2-7,10-11,13H2,1H3. The van der Waals surface area contributed by atoms with Crippen LogP contribution in [0.15, 0.2) is 18.2 Å². The number of hydrogen-bond acceptors (Lipinski definition) is 2. The molecule has 2 nitrogen and oxygen atoms in total. The number of rotatable bonds is 6. The van der Waals surface area contributed by atoms with E-state index in [1.807, 2.05) is 0 Å². The molecule has 0 bridgehead atoms. The van der Waals surface area contributed by atoms with Gasteiger partial charge >= 0.3 is 0 Å². The van der Waals surface area contributed by atoms with Crippen LogP contribution < -0.4 is 10.1 Å². The third kappa shape index (κ3) is 3.17. The van der Waals surface area contributed by atoms with Crippen LogP contribution in [0.3, 0.4) is 0 Å². The molecule has 0 saturated heterocycles. The zero-order valence-corrected chi connectivity index (χ0v) is 12.7. The van der Waals surface area contributed by atoms with Crippen molar-refractivity contribution in [3.63, 3.8) is 0 Å². The Balaban J connectivity index is 1.58. The van der Waals surface area contributed by atoms with Crippen LogP contribution in [0.5, 0.6) is 5.75 Å². The lowest BCUT2D eigenvalue weighted by Gasteiger charge is -2.15. The summed E-state index contributed by atoms with van der Waals surface area (Å²) in [4.78, 5) is 0. The van der Waals surface area contributed by atoms with Crippen LogP contribution in [0.2, 0.25) is 0 Å². The summed E-state index contributed by atoms with van der Waals surface area (Å²) < 4.78 is 6.01. The van der Waals surface area contributed by atoms with E-state index in [0.717, 1.165) is 24.8 Å². The fraction of sp³-hybridized carbons (Fsp3) is 0.667. The average molecular weight is 273 g/mol. The molecular formula is C18H27NO. The molecule has 1 aromatic carbocycles. The Hall–Kier alpha value is -1.02. The van der Waals surface area contributed by atoms with Crippen LogP contribution in [0.1, 0.15) is 62.6 Å². The monoisotopic (exact) mass is 273 g/mol. The fourth-order valence-corrected chi connectivity index (χ4v) is 3.61. The molecule has 0 heterocycles. The van der Waals surface area contributed by atoms with Gasteiger partial charge in [-0.25, -0.2) is 0 Å². The Morgan fingerprint density at radius 3 is 2.85 bits per heavy atom. The van der Waals surface area contributed by atoms with Gasteiger partial charge in [0.2, 0.25) is 0 Å². The van der Waals surface area contributed by atoms with Crippen LogP contribution in [-0.2, 0) is 6.42 Å². The summed E-state index contributed by atoms with van der Waals surface area (Å²) in [6.07, 6.45) is 9.13. The van der Waals surface area contributed by atoms with Crippen molar-refractivity contribution in [1.82, 2.24) is 5.32 Å². The zero-order valence-electron chi connectivity index (χ0n) is 12.7. The van der Waals surface area contributed by atoms with Crippen molar-refractivity contribution < 1.29 is 4.74 Å². The lowest BCUT2D eigenvalue weighted by atomic mass is 10.1. The summed E-state index contributed by atoms with van der Waals surface area (Å²) in [5, 5.41) is 3.64. The quantitative estimate of drug-likeness (QED) is 0.837. The highest BCUT2D eigenvalue weighted by atomic mass is 16.5. The summed E-state index contributed by atoms with van der Waals surface area (Å²) in [5.74, 6) is 1.87. The molecule has 3 rings (SSSR count). The minimum atomic E-state index is 0.564. The van der Waals surface area contributed by atoms with Gasteiger partial charge in [0.05, 0.1) is 6.61 Å². The smallest absolute Gasteiger partial charge is 0.119 e. The molecule has 1 aromatic rings. The van der Waals surface area contributed by atoms with E-state index in [0.29, 0.717) is 6.04 Å². The zero-order chi connectivity index (χ0) is 13.8. The lowest BCUT2D eigenvalue weighted by molar-refractivity contribution is 0.252. The molecule has 110 valence electrons. The SMILES string of the molecule is CCCNC1CCc2cc(OCC3CCCC3)ccc21. The highest BCUT2D eigenvalue weighted by molar-refractivity contribution is 5.40. The first-order valence-electron chi connectivity index (χ1n) is 8.36. The second kappa shape index (κ2) is 6.62. The van der Waals surface area contributed by atoms with Crippen molar-refractivity contribution in [2.45, 2.75) is 57.9 Å². The maximum absolute atomic E-state index is 6.01. The molecule has 1 N–H and O–H groups in total. The largest absolute Gasteiger partial charge is 0.493 e. The molecule has 1 unspecified atom stereocenters. The van der Waals surface area contributed by atoms with Crippen LogP contribution in [0.4, 0.5) is 0 Å². The highest BCUT2D eigenvalue weighted by Crippen LogP contribution is 2.34. The van der Waals surface area contributed by atoms with Crippen LogP contribution in [0.25, 0.3) is 0 Å². The number of nitrogens with one attached hydrogen (secondary N) is 1. The van der Waals surface area contributed by atoms with Crippen LogP contribution >= 0.6 is 0 Å². The van der Waals surface area contributed by atoms with E-state index in [1.54, 1.807) is 0 Å². The molecule has 1 saturated carbocycles. The second-order valence-corrected chi connectivity index (χ2v) is 6.37. The van der Waals surface area contributed by atoms with Gasteiger partial charge in [-0.2, -0.15) is 0 Å². The topological polar surface area (TPSA) is 21.3 Å². The Bertz CT molecular complexity index is 437. The molecule has 2 heteroatoms. The summed E-state index contributed by atoms with van der Waals surface area (Å²) in [5.41, 5.74) is 2.98. The summed E-state index contributed by atoms with van der Waals surface area (Å²) in [6, 6.07) is 7.28. The number of benzene rings is 1. The fourth-order valence-electron chi connectivity index (χ4n) is 3.61. The third-order valence-corrected chi connectivity index (χ3v) is 4.79. The van der Waals surface area contributed by atoms with E-state index in [9.17, 15) is 0 Å². The van der Waals surface area contributed by atoms with Gasteiger partial charge in [0.15, 0.2) is 0 Å². The first-order chi connectivity index (χ1) is 9.86. The molecule has 0 aromatic heterocycles. The molecule has 0 aliphatic heterocycles. The molecule has 20 heavy (non-hydrogen) atoms. The van der Waals surface area contributed by atoms with E-state index in [4.69, 9.17) is 4.74 Å². The normalized spacial score (nSPS) is 22.1. The molecular weight excluding hydrogens is 246 g/mol. The minimum Gasteiger partial charge on any atom is -0.493 e. The van der Waals surface area contributed by atoms with Crippen molar-refractivity contribution >= 4 is 0 Å². The van der Waals surface area contributed by atoms with Gasteiger partial charge in [0, 0.05) is 6.04 Å². The minimum absolute atomic E-state index is 0.564. The van der Waals surface area contributed by atoms with E-state index >= 15 is 0 Å². The van der Waals surface area contributed by atoms with E-state index in [-0.39, 0.29) is 0 Å². The van der Waals surface area contributed by atoms with Gasteiger partial charge in [-0.05, 0) is 67.8 Å².